The fraction of sp³-hybridized carbons (Fsp3) is 0.286. The number of methoxy groups -OCH3 is 1. The van der Waals surface area contributed by atoms with Crippen molar-refractivity contribution in [1.82, 2.24) is 14.5 Å². The Morgan fingerprint density at radius 1 is 1.07 bits per heavy atom. The molecule has 0 radical (unpaired) electrons. The van der Waals surface area contributed by atoms with Crippen molar-refractivity contribution in [2.75, 3.05) is 20.3 Å². The van der Waals surface area contributed by atoms with Crippen molar-refractivity contribution in [3.63, 3.8) is 0 Å². The van der Waals surface area contributed by atoms with Crippen LogP contribution in [0.3, 0.4) is 0 Å². The summed E-state index contributed by atoms with van der Waals surface area (Å²) in [6.45, 7) is 4.42. The fourth-order valence-corrected chi connectivity index (χ4v) is 3.06. The zero-order valence-corrected chi connectivity index (χ0v) is 16.2. The Hall–Kier alpha value is -3.19. The summed E-state index contributed by atoms with van der Waals surface area (Å²) >= 11 is 0. The molecule has 1 amide bonds. The van der Waals surface area contributed by atoms with E-state index in [0.717, 1.165) is 15.7 Å². The van der Waals surface area contributed by atoms with Gasteiger partial charge in [0.2, 0.25) is 5.91 Å². The fourth-order valence-electron chi connectivity index (χ4n) is 3.06. The number of nitrogens with one attached hydrogen (secondary N) is 1. The first-order chi connectivity index (χ1) is 13.4. The third-order valence-corrected chi connectivity index (χ3v) is 4.73. The minimum atomic E-state index is -0.547. The number of nitrogens with zero attached hydrogens (tertiary/aromatic N) is 2. The predicted octanol–water partition coefficient (Wildman–Crippen LogP) is 1.53. The lowest BCUT2D eigenvalue weighted by Gasteiger charge is -2.15. The average Bonchev–Trinajstić information content (AvgIpc) is 2.68. The van der Waals surface area contributed by atoms with Gasteiger partial charge in [0, 0.05) is 13.7 Å². The summed E-state index contributed by atoms with van der Waals surface area (Å²) in [6.07, 6.45) is 0. The van der Waals surface area contributed by atoms with Crippen molar-refractivity contribution in [2.45, 2.75) is 20.4 Å². The van der Waals surface area contributed by atoms with Crippen LogP contribution >= 0.6 is 0 Å². The van der Waals surface area contributed by atoms with Crippen LogP contribution in [-0.2, 0) is 16.1 Å². The molecular formula is C21H23N3O4. The number of carbonyl (C=O) groups is 1. The standard InChI is InChI=1S/C21H23N3O4/c1-14-8-9-16(12-15(14)2)24-20(26)17-6-4-5-7-18(17)23(21(24)27)13-19(25)22-10-11-28-3/h4-9,12H,10-11,13H2,1-3H3,(H,22,25). The third kappa shape index (κ3) is 3.75. The summed E-state index contributed by atoms with van der Waals surface area (Å²) in [7, 11) is 1.55. The van der Waals surface area contributed by atoms with Gasteiger partial charge in [-0.05, 0) is 49.2 Å². The van der Waals surface area contributed by atoms with E-state index in [2.05, 4.69) is 5.32 Å². The van der Waals surface area contributed by atoms with Gasteiger partial charge < -0.3 is 10.1 Å². The summed E-state index contributed by atoms with van der Waals surface area (Å²) < 4.78 is 7.37. The van der Waals surface area contributed by atoms with Crippen LogP contribution in [0.25, 0.3) is 16.6 Å². The quantitative estimate of drug-likeness (QED) is 0.657. The second kappa shape index (κ2) is 8.22. The van der Waals surface area contributed by atoms with Gasteiger partial charge >= 0.3 is 5.69 Å². The Balaban J connectivity index is 2.18. The molecule has 0 spiro atoms. The number of amides is 1. The lowest BCUT2D eigenvalue weighted by molar-refractivity contribution is -0.121. The van der Waals surface area contributed by atoms with Gasteiger partial charge in [-0.1, -0.05) is 18.2 Å². The van der Waals surface area contributed by atoms with E-state index >= 15 is 0 Å². The molecular weight excluding hydrogens is 358 g/mol. The van der Waals surface area contributed by atoms with E-state index in [0.29, 0.717) is 29.7 Å². The van der Waals surface area contributed by atoms with Crippen LogP contribution in [0.4, 0.5) is 0 Å². The maximum Gasteiger partial charge on any atom is 0.336 e. The van der Waals surface area contributed by atoms with Crippen LogP contribution in [0.2, 0.25) is 0 Å². The van der Waals surface area contributed by atoms with Gasteiger partial charge in [0.25, 0.3) is 5.56 Å². The molecule has 7 heteroatoms. The highest BCUT2D eigenvalue weighted by atomic mass is 16.5. The molecule has 146 valence electrons. The zero-order chi connectivity index (χ0) is 20.3. The number of aryl methyl sites for hydroxylation is 2. The normalized spacial score (nSPS) is 11.0. The summed E-state index contributed by atoms with van der Waals surface area (Å²) in [5.74, 6) is -0.324. The molecule has 0 saturated heterocycles. The lowest BCUT2D eigenvalue weighted by Crippen LogP contribution is -2.42. The predicted molar refractivity (Wildman–Crippen MR) is 108 cm³/mol. The number of fused-ring (bicyclic) bond motifs is 1. The molecule has 28 heavy (non-hydrogen) atoms. The van der Waals surface area contributed by atoms with Crippen LogP contribution in [-0.4, -0.2) is 35.3 Å². The minimum absolute atomic E-state index is 0.186. The molecule has 3 aromatic rings. The van der Waals surface area contributed by atoms with Gasteiger partial charge in [-0.15, -0.1) is 0 Å². The Labute approximate surface area is 162 Å². The van der Waals surface area contributed by atoms with Crippen LogP contribution in [0.5, 0.6) is 0 Å². The molecule has 1 heterocycles. The molecule has 3 rings (SSSR count). The number of para-hydroxylation sites is 1. The highest BCUT2D eigenvalue weighted by Gasteiger charge is 2.16. The van der Waals surface area contributed by atoms with Crippen LogP contribution in [0.15, 0.2) is 52.1 Å². The number of rotatable bonds is 6. The van der Waals surface area contributed by atoms with E-state index in [9.17, 15) is 14.4 Å². The van der Waals surface area contributed by atoms with Crippen molar-refractivity contribution < 1.29 is 9.53 Å². The van der Waals surface area contributed by atoms with E-state index in [1.165, 1.54) is 4.57 Å². The van der Waals surface area contributed by atoms with Crippen molar-refractivity contribution in [3.05, 3.63) is 74.4 Å². The van der Waals surface area contributed by atoms with Crippen molar-refractivity contribution in [1.29, 1.82) is 0 Å². The molecule has 0 aliphatic heterocycles. The molecule has 0 atom stereocenters. The summed E-state index contributed by atoms with van der Waals surface area (Å²) in [6, 6.07) is 12.2. The van der Waals surface area contributed by atoms with E-state index in [1.54, 1.807) is 43.5 Å². The highest BCUT2D eigenvalue weighted by molar-refractivity contribution is 5.81. The van der Waals surface area contributed by atoms with Crippen molar-refractivity contribution in [2.24, 2.45) is 0 Å². The Kier molecular flexibility index (Phi) is 5.75. The molecule has 7 nitrogen and oxygen atoms in total. The SMILES string of the molecule is COCCNC(=O)Cn1c(=O)n(-c2ccc(C)c(C)c2)c(=O)c2ccccc21. The monoisotopic (exact) mass is 381 g/mol. The maximum absolute atomic E-state index is 13.2. The van der Waals surface area contributed by atoms with Crippen molar-refractivity contribution >= 4 is 16.8 Å². The Morgan fingerprint density at radius 3 is 2.54 bits per heavy atom. The third-order valence-electron chi connectivity index (χ3n) is 4.73. The summed E-state index contributed by atoms with van der Waals surface area (Å²) in [4.78, 5) is 38.5. The van der Waals surface area contributed by atoms with E-state index < -0.39 is 11.2 Å². The Bertz CT molecular complexity index is 1140. The molecule has 0 unspecified atom stereocenters. The second-order valence-electron chi connectivity index (χ2n) is 6.64. The molecule has 0 aliphatic carbocycles. The largest absolute Gasteiger partial charge is 0.383 e. The number of hydrogen-bond acceptors (Lipinski definition) is 4. The summed E-state index contributed by atoms with van der Waals surface area (Å²) in [5, 5.41) is 3.08. The number of aromatic nitrogens is 2. The molecule has 0 bridgehead atoms. The lowest BCUT2D eigenvalue weighted by atomic mass is 10.1. The second-order valence-corrected chi connectivity index (χ2v) is 6.64. The molecule has 0 aliphatic rings. The van der Waals surface area contributed by atoms with E-state index in [4.69, 9.17) is 4.74 Å². The number of ether oxygens (including phenoxy) is 1. The van der Waals surface area contributed by atoms with E-state index in [1.807, 2.05) is 19.9 Å². The zero-order valence-electron chi connectivity index (χ0n) is 16.2. The molecule has 1 N–H and O–H groups in total. The van der Waals surface area contributed by atoms with Gasteiger partial charge in [0.15, 0.2) is 0 Å². The first-order valence-corrected chi connectivity index (χ1v) is 9.02. The average molecular weight is 381 g/mol. The van der Waals surface area contributed by atoms with E-state index in [-0.39, 0.29) is 12.5 Å². The van der Waals surface area contributed by atoms with Gasteiger partial charge in [-0.3, -0.25) is 14.2 Å². The number of benzene rings is 2. The van der Waals surface area contributed by atoms with Gasteiger partial charge in [0.05, 0.1) is 23.2 Å². The first-order valence-electron chi connectivity index (χ1n) is 9.02. The molecule has 2 aromatic carbocycles. The first kappa shape index (κ1) is 19.6. The number of hydrogen-bond donors (Lipinski definition) is 1. The molecule has 1 aromatic heterocycles. The highest BCUT2D eigenvalue weighted by Crippen LogP contribution is 2.13. The van der Waals surface area contributed by atoms with Gasteiger partial charge in [-0.2, -0.15) is 0 Å². The van der Waals surface area contributed by atoms with Crippen LogP contribution < -0.4 is 16.6 Å². The van der Waals surface area contributed by atoms with Crippen molar-refractivity contribution in [3.8, 4) is 5.69 Å². The van der Waals surface area contributed by atoms with Gasteiger partial charge in [0.1, 0.15) is 6.54 Å². The topological polar surface area (TPSA) is 82.3 Å². The summed E-state index contributed by atoms with van der Waals surface area (Å²) in [5.41, 5.74) is 2.00. The van der Waals surface area contributed by atoms with Gasteiger partial charge in [-0.25, -0.2) is 9.36 Å². The van der Waals surface area contributed by atoms with Crippen LogP contribution in [0, 0.1) is 13.8 Å². The van der Waals surface area contributed by atoms with Crippen LogP contribution in [0.1, 0.15) is 11.1 Å². The minimum Gasteiger partial charge on any atom is -0.383 e. The molecule has 0 fully saturated rings. The molecule has 0 saturated carbocycles. The number of carbonyl (C=O) groups excluding carboxylic acids is 1. The smallest absolute Gasteiger partial charge is 0.336 e. The maximum atomic E-state index is 13.2. The Morgan fingerprint density at radius 2 is 1.82 bits per heavy atom.